The summed E-state index contributed by atoms with van der Waals surface area (Å²) in [7, 11) is -2.98. The van der Waals surface area contributed by atoms with E-state index in [1.54, 1.807) is 0 Å². The first-order valence-electron chi connectivity index (χ1n) is 8.71. The molecule has 0 atom stereocenters. The Morgan fingerprint density at radius 3 is 2.22 bits per heavy atom. The number of hydrogen-bond acceptors (Lipinski definition) is 7. The molecular weight excluding hydrogens is 479 g/mol. The second-order valence-electron chi connectivity index (χ2n) is 6.38. The summed E-state index contributed by atoms with van der Waals surface area (Å²) < 4.78 is 90.7. The fourth-order valence-electron chi connectivity index (χ4n) is 2.59. The molecule has 1 aromatic carbocycles. The number of rotatable bonds is 5. The summed E-state index contributed by atoms with van der Waals surface area (Å²) in [6.45, 7) is 1.31. The Bertz CT molecular complexity index is 1270. The van der Waals surface area contributed by atoms with Crippen molar-refractivity contribution in [1.29, 1.82) is 0 Å². The molecule has 170 valence electrons. The molecule has 0 unspecified atom stereocenters. The molecule has 7 nitrogen and oxygen atoms in total. The van der Waals surface area contributed by atoms with Gasteiger partial charge >= 0.3 is 6.18 Å². The van der Waals surface area contributed by atoms with Gasteiger partial charge in [0.1, 0.15) is 17.3 Å². The van der Waals surface area contributed by atoms with E-state index < -0.39 is 60.0 Å². The molecule has 2 heterocycles. The summed E-state index contributed by atoms with van der Waals surface area (Å²) in [5, 5.41) is 4.58. The highest BCUT2D eigenvalue weighted by atomic mass is 32.2. The summed E-state index contributed by atoms with van der Waals surface area (Å²) in [5.41, 5.74) is -0.586. The minimum Gasteiger partial charge on any atom is -0.284 e. The van der Waals surface area contributed by atoms with Gasteiger partial charge in [0.2, 0.25) is 10.1 Å². The monoisotopic (exact) mass is 492 g/mol. The molecule has 0 saturated carbocycles. The average Bonchev–Trinajstić information content (AvgIpc) is 3.22. The number of anilines is 1. The van der Waals surface area contributed by atoms with Crippen LogP contribution in [-0.2, 0) is 16.0 Å². The zero-order valence-electron chi connectivity index (χ0n) is 16.3. The molecule has 0 radical (unpaired) electrons. The van der Waals surface area contributed by atoms with Crippen molar-refractivity contribution in [3.05, 3.63) is 52.8 Å². The molecule has 0 fully saturated rings. The molecule has 2 aromatic heterocycles. The number of sulfone groups is 1. The van der Waals surface area contributed by atoms with Gasteiger partial charge in [0, 0.05) is 24.9 Å². The second-order valence-corrected chi connectivity index (χ2v) is 9.59. The predicted molar refractivity (Wildman–Crippen MR) is 105 cm³/mol. The van der Waals surface area contributed by atoms with Gasteiger partial charge in [-0.05, 0) is 23.8 Å². The van der Waals surface area contributed by atoms with Crippen molar-refractivity contribution in [2.45, 2.75) is 18.0 Å². The van der Waals surface area contributed by atoms with Gasteiger partial charge < -0.3 is 0 Å². The van der Waals surface area contributed by atoms with Gasteiger partial charge in [-0.15, -0.1) is 10.2 Å². The molecular formula is C18H13F5N4O3S2. The molecule has 0 N–H and O–H groups in total. The number of hydrogen-bond donors (Lipinski definition) is 0. The Morgan fingerprint density at radius 2 is 1.69 bits per heavy atom. The van der Waals surface area contributed by atoms with Crippen LogP contribution in [0.4, 0.5) is 27.1 Å². The van der Waals surface area contributed by atoms with Crippen LogP contribution in [-0.4, -0.2) is 42.3 Å². The second kappa shape index (κ2) is 8.50. The number of benzene rings is 1. The topological polar surface area (TPSA) is 93.1 Å². The lowest BCUT2D eigenvalue weighted by Gasteiger charge is -2.16. The number of carbonyl (C=O) groups is 1. The highest BCUT2D eigenvalue weighted by Gasteiger charge is 2.37. The van der Waals surface area contributed by atoms with Crippen molar-refractivity contribution in [2.24, 2.45) is 0 Å². The van der Waals surface area contributed by atoms with E-state index in [0.717, 1.165) is 31.4 Å². The van der Waals surface area contributed by atoms with E-state index in [1.807, 2.05) is 0 Å². The third-order valence-electron chi connectivity index (χ3n) is 4.21. The Hall–Kier alpha value is -3.00. The van der Waals surface area contributed by atoms with Gasteiger partial charge in [0.05, 0.1) is 10.6 Å². The van der Waals surface area contributed by atoms with Crippen molar-refractivity contribution < 1.29 is 35.2 Å². The van der Waals surface area contributed by atoms with Crippen molar-refractivity contribution in [3.63, 3.8) is 0 Å². The highest BCUT2D eigenvalue weighted by Crippen LogP contribution is 2.35. The SMILES string of the molecule is CCS(=O)(=O)c1cc(-c2cc(F)cc(F)c2)cnc1C(=O)N(C)c1nnc(C(F)(F)F)s1. The number of pyridine rings is 1. The molecule has 0 bridgehead atoms. The quantitative estimate of drug-likeness (QED) is 0.501. The van der Waals surface area contributed by atoms with Crippen LogP contribution in [0.2, 0.25) is 0 Å². The summed E-state index contributed by atoms with van der Waals surface area (Å²) in [4.78, 5) is 16.9. The number of nitrogens with zero attached hydrogens (tertiary/aromatic N) is 4. The van der Waals surface area contributed by atoms with E-state index in [9.17, 15) is 35.2 Å². The first-order chi connectivity index (χ1) is 14.8. The van der Waals surface area contributed by atoms with E-state index in [4.69, 9.17) is 0 Å². The summed E-state index contributed by atoms with van der Waals surface area (Å²) in [5.74, 6) is -3.30. The van der Waals surface area contributed by atoms with E-state index >= 15 is 0 Å². The normalized spacial score (nSPS) is 12.1. The molecule has 0 aliphatic rings. The van der Waals surface area contributed by atoms with E-state index in [-0.39, 0.29) is 22.5 Å². The molecule has 14 heteroatoms. The molecule has 32 heavy (non-hydrogen) atoms. The van der Waals surface area contributed by atoms with Crippen molar-refractivity contribution in [2.75, 3.05) is 17.7 Å². The number of amides is 1. The van der Waals surface area contributed by atoms with E-state index in [2.05, 4.69) is 15.2 Å². The van der Waals surface area contributed by atoms with Gasteiger partial charge in [-0.25, -0.2) is 22.2 Å². The zero-order chi connectivity index (χ0) is 23.8. The van der Waals surface area contributed by atoms with Crippen LogP contribution in [0.5, 0.6) is 0 Å². The van der Waals surface area contributed by atoms with Gasteiger partial charge in [0.15, 0.2) is 9.84 Å². The maximum atomic E-state index is 13.6. The fraction of sp³-hybridized carbons (Fsp3) is 0.222. The van der Waals surface area contributed by atoms with Crippen LogP contribution in [0.3, 0.4) is 0 Å². The molecule has 0 saturated heterocycles. The molecule has 0 spiro atoms. The summed E-state index contributed by atoms with van der Waals surface area (Å²) >= 11 is 0.0906. The molecule has 3 rings (SSSR count). The molecule has 1 amide bonds. The third kappa shape index (κ3) is 4.75. The van der Waals surface area contributed by atoms with Gasteiger partial charge in [0.25, 0.3) is 5.91 Å². The lowest BCUT2D eigenvalue weighted by molar-refractivity contribution is -0.138. The van der Waals surface area contributed by atoms with Crippen molar-refractivity contribution in [3.8, 4) is 11.1 Å². The lowest BCUT2D eigenvalue weighted by atomic mass is 10.1. The smallest absolute Gasteiger partial charge is 0.284 e. The largest absolute Gasteiger partial charge is 0.445 e. The summed E-state index contributed by atoms with van der Waals surface area (Å²) in [6, 6.07) is 3.57. The Balaban J connectivity index is 2.09. The lowest BCUT2D eigenvalue weighted by Crippen LogP contribution is -2.29. The number of aromatic nitrogens is 3. The third-order valence-corrected chi connectivity index (χ3v) is 7.00. The average molecular weight is 492 g/mol. The molecule has 0 aliphatic heterocycles. The first-order valence-corrected chi connectivity index (χ1v) is 11.2. The van der Waals surface area contributed by atoms with Gasteiger partial charge in [-0.3, -0.25) is 9.69 Å². The maximum Gasteiger partial charge on any atom is 0.445 e. The fourth-order valence-corrected chi connectivity index (χ4v) is 4.31. The minimum absolute atomic E-state index is 0.0184. The molecule has 0 aliphatic carbocycles. The van der Waals surface area contributed by atoms with Crippen LogP contribution in [0.25, 0.3) is 11.1 Å². The van der Waals surface area contributed by atoms with Crippen molar-refractivity contribution in [1.82, 2.24) is 15.2 Å². The Morgan fingerprint density at radius 1 is 1.06 bits per heavy atom. The van der Waals surface area contributed by atoms with Crippen LogP contribution in [0, 0.1) is 11.6 Å². The Labute approximate surface area is 182 Å². The van der Waals surface area contributed by atoms with Gasteiger partial charge in [-0.2, -0.15) is 13.2 Å². The summed E-state index contributed by atoms with van der Waals surface area (Å²) in [6.07, 6.45) is -3.73. The number of carbonyl (C=O) groups excluding carboxylic acids is 1. The van der Waals surface area contributed by atoms with Crippen LogP contribution in [0.15, 0.2) is 35.4 Å². The highest BCUT2D eigenvalue weighted by molar-refractivity contribution is 7.91. The molecule has 3 aromatic rings. The Kier molecular flexibility index (Phi) is 6.29. The number of halogens is 5. The number of alkyl halides is 3. The first kappa shape index (κ1) is 23.7. The van der Waals surface area contributed by atoms with Crippen LogP contribution < -0.4 is 4.90 Å². The predicted octanol–water partition coefficient (Wildman–Crippen LogP) is 3.97. The minimum atomic E-state index is -4.77. The standard InChI is InChI=1S/C18H13F5N4O3S2/c1-3-32(29,30)13-6-10(9-4-11(19)7-12(20)5-9)8-24-14(13)15(28)27(2)17-26-25-16(31-17)18(21,22)23/h4-8H,3H2,1-2H3. The van der Waals surface area contributed by atoms with Crippen molar-refractivity contribution >= 4 is 32.2 Å². The van der Waals surface area contributed by atoms with Crippen LogP contribution >= 0.6 is 11.3 Å². The van der Waals surface area contributed by atoms with E-state index in [0.29, 0.717) is 11.0 Å². The van der Waals surface area contributed by atoms with Crippen LogP contribution in [0.1, 0.15) is 22.4 Å². The van der Waals surface area contributed by atoms with Gasteiger partial charge in [-0.1, -0.05) is 18.3 Å². The zero-order valence-corrected chi connectivity index (χ0v) is 17.9. The van der Waals surface area contributed by atoms with E-state index in [1.165, 1.54) is 6.92 Å². The maximum absolute atomic E-state index is 13.6.